The zero-order valence-corrected chi connectivity index (χ0v) is 27.5. The van der Waals surface area contributed by atoms with Gasteiger partial charge in [0.15, 0.2) is 0 Å². The van der Waals surface area contributed by atoms with Gasteiger partial charge in [-0.15, -0.1) is 0 Å². The van der Waals surface area contributed by atoms with Crippen molar-refractivity contribution in [1.29, 1.82) is 0 Å². The van der Waals surface area contributed by atoms with E-state index in [1.165, 1.54) is 77.0 Å². The van der Waals surface area contributed by atoms with E-state index in [0.29, 0.717) is 23.0 Å². The molecular formula is C37H36O12. The van der Waals surface area contributed by atoms with E-state index in [2.05, 4.69) is 0 Å². The van der Waals surface area contributed by atoms with Crippen molar-refractivity contribution < 1.29 is 57.1 Å². The molecule has 0 saturated heterocycles. The second-order valence-corrected chi connectivity index (χ2v) is 10.7. The average molecular weight is 673 g/mol. The maximum Gasteiger partial charge on any atom is 0.338 e. The standard InChI is InChI=1S/C37H36O12/c1-42-29-13-5-25(6-14-29)33(38)46-21-37(22-47-34(39)26-7-15-30(43-2)16-8-26,23-48-35(40)27-9-17-31(44-3)18-10-27)24-49-36(41)28-11-19-32(45-4)20-12-28/h5-20H,21-24H2,1-4H3. The van der Waals surface area contributed by atoms with Gasteiger partial charge in [0, 0.05) is 0 Å². The summed E-state index contributed by atoms with van der Waals surface area (Å²) in [5.74, 6) is -0.764. The number of benzene rings is 4. The first-order chi connectivity index (χ1) is 23.7. The zero-order chi connectivity index (χ0) is 35.2. The zero-order valence-electron chi connectivity index (χ0n) is 27.5. The fourth-order valence-corrected chi connectivity index (χ4v) is 4.37. The predicted molar refractivity (Wildman–Crippen MR) is 176 cm³/mol. The van der Waals surface area contributed by atoms with Crippen molar-refractivity contribution in [3.8, 4) is 23.0 Å². The Labute approximate surface area is 283 Å². The fraction of sp³-hybridized carbons (Fsp3) is 0.243. The normalized spacial score (nSPS) is 10.7. The summed E-state index contributed by atoms with van der Waals surface area (Å²) in [6.07, 6.45) is 0. The lowest BCUT2D eigenvalue weighted by molar-refractivity contribution is -0.0641. The third kappa shape index (κ3) is 9.97. The van der Waals surface area contributed by atoms with Crippen molar-refractivity contribution >= 4 is 23.9 Å². The van der Waals surface area contributed by atoms with Crippen molar-refractivity contribution in [2.45, 2.75) is 0 Å². The summed E-state index contributed by atoms with van der Waals surface area (Å²) in [6.45, 7) is -1.89. The lowest BCUT2D eigenvalue weighted by Crippen LogP contribution is -2.44. The number of carbonyl (C=O) groups is 4. The van der Waals surface area contributed by atoms with Crippen molar-refractivity contribution in [3.05, 3.63) is 119 Å². The van der Waals surface area contributed by atoms with Gasteiger partial charge in [0.05, 0.1) is 50.7 Å². The van der Waals surface area contributed by atoms with Crippen LogP contribution in [0.3, 0.4) is 0 Å². The lowest BCUT2D eigenvalue weighted by atomic mass is 9.92. The highest BCUT2D eigenvalue weighted by Gasteiger charge is 2.38. The topological polar surface area (TPSA) is 142 Å². The molecule has 4 aromatic carbocycles. The molecule has 0 fully saturated rings. The number of methoxy groups -OCH3 is 4. The molecule has 0 aromatic heterocycles. The molecule has 0 amide bonds. The Bertz CT molecular complexity index is 1440. The molecule has 12 heteroatoms. The van der Waals surface area contributed by atoms with Gasteiger partial charge in [-0.05, 0) is 97.1 Å². The third-order valence-electron chi connectivity index (χ3n) is 7.34. The van der Waals surface area contributed by atoms with E-state index in [4.69, 9.17) is 37.9 Å². The van der Waals surface area contributed by atoms with Gasteiger partial charge in [0.1, 0.15) is 54.8 Å². The van der Waals surface area contributed by atoms with Gasteiger partial charge in [-0.25, -0.2) is 19.2 Å². The molecule has 0 unspecified atom stereocenters. The van der Waals surface area contributed by atoms with E-state index in [9.17, 15) is 19.2 Å². The highest BCUT2D eigenvalue weighted by atomic mass is 16.6. The second-order valence-electron chi connectivity index (χ2n) is 10.7. The Morgan fingerprint density at radius 1 is 0.367 bits per heavy atom. The third-order valence-corrected chi connectivity index (χ3v) is 7.34. The average Bonchev–Trinajstić information content (AvgIpc) is 3.16. The number of rotatable bonds is 16. The van der Waals surface area contributed by atoms with Gasteiger partial charge >= 0.3 is 23.9 Å². The monoisotopic (exact) mass is 672 g/mol. The molecule has 12 nitrogen and oxygen atoms in total. The van der Waals surface area contributed by atoms with Crippen LogP contribution in [-0.4, -0.2) is 78.7 Å². The predicted octanol–water partition coefficient (Wildman–Crippen LogP) is 5.44. The summed E-state index contributed by atoms with van der Waals surface area (Å²) in [5, 5.41) is 0. The molecule has 0 aliphatic carbocycles. The van der Waals surface area contributed by atoms with E-state index >= 15 is 0 Å². The minimum Gasteiger partial charge on any atom is -0.497 e. The maximum atomic E-state index is 13.1. The van der Waals surface area contributed by atoms with Crippen LogP contribution in [0.1, 0.15) is 41.4 Å². The number of esters is 4. The summed E-state index contributed by atoms with van der Waals surface area (Å²) in [6, 6.07) is 24.8. The van der Waals surface area contributed by atoms with Crippen LogP contribution in [0.15, 0.2) is 97.1 Å². The molecule has 0 aliphatic rings. The molecule has 0 heterocycles. The van der Waals surface area contributed by atoms with E-state index in [1.54, 1.807) is 48.5 Å². The number of hydrogen-bond donors (Lipinski definition) is 0. The molecule has 49 heavy (non-hydrogen) atoms. The van der Waals surface area contributed by atoms with Gasteiger partial charge in [-0.3, -0.25) is 0 Å². The smallest absolute Gasteiger partial charge is 0.338 e. The minimum atomic E-state index is -1.55. The Morgan fingerprint density at radius 3 is 0.714 bits per heavy atom. The van der Waals surface area contributed by atoms with E-state index in [1.807, 2.05) is 0 Å². The number of hydrogen-bond acceptors (Lipinski definition) is 12. The molecule has 4 aromatic rings. The van der Waals surface area contributed by atoms with Crippen LogP contribution in [0.4, 0.5) is 0 Å². The van der Waals surface area contributed by atoms with Gasteiger partial charge in [0.2, 0.25) is 0 Å². The molecule has 4 rings (SSSR count). The summed E-state index contributed by atoms with van der Waals surface area (Å²) in [5.41, 5.74) is -0.731. The van der Waals surface area contributed by atoms with Gasteiger partial charge in [-0.1, -0.05) is 0 Å². The summed E-state index contributed by atoms with van der Waals surface area (Å²) in [4.78, 5) is 52.5. The van der Waals surface area contributed by atoms with Crippen LogP contribution >= 0.6 is 0 Å². The van der Waals surface area contributed by atoms with Crippen LogP contribution in [0.25, 0.3) is 0 Å². The maximum absolute atomic E-state index is 13.1. The first-order valence-electron chi connectivity index (χ1n) is 14.9. The molecule has 0 N–H and O–H groups in total. The molecule has 0 aliphatic heterocycles. The molecular weight excluding hydrogens is 636 g/mol. The molecule has 0 atom stereocenters. The molecule has 0 spiro atoms. The molecule has 0 saturated carbocycles. The largest absolute Gasteiger partial charge is 0.497 e. The first kappa shape index (κ1) is 35.8. The first-order valence-corrected chi connectivity index (χ1v) is 14.9. The highest BCUT2D eigenvalue weighted by Crippen LogP contribution is 2.25. The number of ether oxygens (including phenoxy) is 8. The van der Waals surface area contributed by atoms with Crippen molar-refractivity contribution in [1.82, 2.24) is 0 Å². The van der Waals surface area contributed by atoms with Crippen LogP contribution in [0.5, 0.6) is 23.0 Å². The van der Waals surface area contributed by atoms with Crippen molar-refractivity contribution in [3.63, 3.8) is 0 Å². The van der Waals surface area contributed by atoms with Crippen LogP contribution in [0.2, 0.25) is 0 Å². The van der Waals surface area contributed by atoms with Gasteiger partial charge in [-0.2, -0.15) is 0 Å². The van der Waals surface area contributed by atoms with E-state index < -0.39 is 55.7 Å². The Kier molecular flexibility index (Phi) is 12.6. The fourth-order valence-electron chi connectivity index (χ4n) is 4.37. The van der Waals surface area contributed by atoms with Crippen LogP contribution < -0.4 is 18.9 Å². The van der Waals surface area contributed by atoms with E-state index in [0.717, 1.165) is 0 Å². The Hall–Kier alpha value is -6.04. The Morgan fingerprint density at radius 2 is 0.551 bits per heavy atom. The van der Waals surface area contributed by atoms with Crippen LogP contribution in [-0.2, 0) is 18.9 Å². The summed E-state index contributed by atoms with van der Waals surface area (Å²) >= 11 is 0. The summed E-state index contributed by atoms with van der Waals surface area (Å²) in [7, 11) is 5.98. The summed E-state index contributed by atoms with van der Waals surface area (Å²) < 4.78 is 43.3. The van der Waals surface area contributed by atoms with Crippen molar-refractivity contribution in [2.75, 3.05) is 54.9 Å². The van der Waals surface area contributed by atoms with Gasteiger partial charge < -0.3 is 37.9 Å². The van der Waals surface area contributed by atoms with Crippen molar-refractivity contribution in [2.24, 2.45) is 5.41 Å². The quantitative estimate of drug-likeness (QED) is 0.111. The minimum absolute atomic E-state index is 0.204. The molecule has 0 bridgehead atoms. The molecule has 256 valence electrons. The van der Waals surface area contributed by atoms with Gasteiger partial charge in [0.25, 0.3) is 0 Å². The van der Waals surface area contributed by atoms with Crippen LogP contribution in [0, 0.1) is 5.41 Å². The highest BCUT2D eigenvalue weighted by molar-refractivity contribution is 5.91. The lowest BCUT2D eigenvalue weighted by Gasteiger charge is -2.31. The SMILES string of the molecule is COc1ccc(C(=O)OCC(COC(=O)c2ccc(OC)cc2)(COC(=O)c2ccc(OC)cc2)COC(=O)c2ccc(OC)cc2)cc1. The van der Waals surface area contributed by atoms with E-state index in [-0.39, 0.29) is 22.3 Å². The number of carbonyl (C=O) groups excluding carboxylic acids is 4. The molecule has 0 radical (unpaired) electrons. The second kappa shape index (κ2) is 17.2. The Balaban J connectivity index is 1.61.